The van der Waals surface area contributed by atoms with Gasteiger partial charge in [-0.3, -0.25) is 9.59 Å². The average Bonchev–Trinajstić information content (AvgIpc) is 3.05. The number of halogens is 4. The number of nitrogens with zero attached hydrogens (tertiary/aromatic N) is 3. The molecule has 0 unspecified atom stereocenters. The number of carboxylic acid groups (broad SMARTS) is 1. The van der Waals surface area contributed by atoms with Gasteiger partial charge in [0, 0.05) is 6.54 Å². The summed E-state index contributed by atoms with van der Waals surface area (Å²) in [5.74, 6) is -3.94. The van der Waals surface area contributed by atoms with Gasteiger partial charge in [-0.05, 0) is 30.2 Å². The van der Waals surface area contributed by atoms with Gasteiger partial charge in [0.1, 0.15) is 18.9 Å². The highest BCUT2D eigenvalue weighted by molar-refractivity contribution is 5.84. The Kier molecular flexibility index (Phi) is 6.04. The van der Waals surface area contributed by atoms with E-state index in [0.717, 1.165) is 9.47 Å². The number of hydrogen-bond donors (Lipinski definition) is 1. The van der Waals surface area contributed by atoms with Gasteiger partial charge in [-0.2, -0.15) is 13.2 Å². The lowest BCUT2D eigenvalue weighted by Crippen LogP contribution is -2.39. The van der Waals surface area contributed by atoms with E-state index in [1.165, 1.54) is 42.5 Å². The zero-order chi connectivity index (χ0) is 21.9. The van der Waals surface area contributed by atoms with Crippen molar-refractivity contribution >= 4 is 22.9 Å². The summed E-state index contributed by atoms with van der Waals surface area (Å²) < 4.78 is 54.8. The fourth-order valence-electron chi connectivity index (χ4n) is 3.10. The lowest BCUT2D eigenvalue weighted by molar-refractivity contribution is -0.149. The van der Waals surface area contributed by atoms with Crippen LogP contribution in [0.2, 0.25) is 0 Å². The average molecular weight is 423 g/mol. The summed E-state index contributed by atoms with van der Waals surface area (Å²) in [6, 6.07) is 11.6. The Balaban J connectivity index is 1.87. The Morgan fingerprint density at radius 1 is 1.07 bits per heavy atom. The van der Waals surface area contributed by atoms with Gasteiger partial charge in [0.15, 0.2) is 0 Å². The molecular formula is C20H17F4N3O3. The van der Waals surface area contributed by atoms with Crippen molar-refractivity contribution in [2.75, 3.05) is 13.1 Å². The number of fused-ring (bicyclic) bond motifs is 1. The molecule has 0 bridgehead atoms. The Morgan fingerprint density at radius 2 is 1.73 bits per heavy atom. The van der Waals surface area contributed by atoms with Crippen molar-refractivity contribution < 1.29 is 32.3 Å². The quantitative estimate of drug-likeness (QED) is 0.592. The van der Waals surface area contributed by atoms with Crippen LogP contribution in [-0.2, 0) is 28.7 Å². The molecule has 1 heterocycles. The topological polar surface area (TPSA) is 75.4 Å². The third-order valence-electron chi connectivity index (χ3n) is 4.49. The normalized spacial score (nSPS) is 11.6. The first-order valence-corrected chi connectivity index (χ1v) is 8.92. The summed E-state index contributed by atoms with van der Waals surface area (Å²) in [5.41, 5.74) is 0.432. The number of carboxylic acids is 1. The van der Waals surface area contributed by atoms with Crippen LogP contribution in [0.25, 0.3) is 11.0 Å². The molecule has 0 spiro atoms. The molecule has 30 heavy (non-hydrogen) atoms. The van der Waals surface area contributed by atoms with Crippen LogP contribution in [0.1, 0.15) is 11.4 Å². The second-order valence-electron chi connectivity index (χ2n) is 6.56. The smallest absolute Gasteiger partial charge is 0.449 e. The number of alkyl halides is 3. The highest BCUT2D eigenvalue weighted by Gasteiger charge is 2.38. The van der Waals surface area contributed by atoms with Crippen molar-refractivity contribution in [3.63, 3.8) is 0 Å². The van der Waals surface area contributed by atoms with Crippen molar-refractivity contribution in [3.8, 4) is 0 Å². The minimum Gasteiger partial charge on any atom is -0.480 e. The monoisotopic (exact) mass is 423 g/mol. The molecule has 1 N–H and O–H groups in total. The van der Waals surface area contributed by atoms with E-state index in [2.05, 4.69) is 4.98 Å². The van der Waals surface area contributed by atoms with Gasteiger partial charge in [-0.1, -0.05) is 30.3 Å². The summed E-state index contributed by atoms with van der Waals surface area (Å²) in [5, 5.41) is 9.10. The SMILES string of the molecule is O=C(O)CN(CCc1ccccc1F)C(=O)Cn1c(C(F)(F)F)nc2ccccc21. The molecule has 3 aromatic rings. The maximum Gasteiger partial charge on any atom is 0.449 e. The van der Waals surface area contributed by atoms with Gasteiger partial charge in [0.2, 0.25) is 11.7 Å². The van der Waals surface area contributed by atoms with Crippen LogP contribution in [-0.4, -0.2) is 44.5 Å². The molecule has 3 rings (SSSR count). The first-order valence-electron chi connectivity index (χ1n) is 8.92. The number of carbonyl (C=O) groups is 2. The minimum absolute atomic E-state index is 0.0164. The number of hydrogen-bond acceptors (Lipinski definition) is 3. The number of carbonyl (C=O) groups excluding carboxylic acids is 1. The van der Waals surface area contributed by atoms with Gasteiger partial charge in [-0.15, -0.1) is 0 Å². The van der Waals surface area contributed by atoms with Crippen LogP contribution < -0.4 is 0 Å². The van der Waals surface area contributed by atoms with Gasteiger partial charge >= 0.3 is 12.1 Å². The summed E-state index contributed by atoms with van der Waals surface area (Å²) >= 11 is 0. The molecule has 0 saturated heterocycles. The predicted octanol–water partition coefficient (Wildman–Crippen LogP) is 3.35. The van der Waals surface area contributed by atoms with Crippen LogP contribution in [0.15, 0.2) is 48.5 Å². The zero-order valence-corrected chi connectivity index (χ0v) is 15.6. The van der Waals surface area contributed by atoms with Gasteiger partial charge in [0.05, 0.1) is 11.0 Å². The van der Waals surface area contributed by atoms with E-state index >= 15 is 0 Å². The first-order chi connectivity index (χ1) is 14.2. The summed E-state index contributed by atoms with van der Waals surface area (Å²) in [7, 11) is 0. The minimum atomic E-state index is -4.80. The summed E-state index contributed by atoms with van der Waals surface area (Å²) in [4.78, 5) is 28.4. The fraction of sp³-hybridized carbons (Fsp3) is 0.250. The van der Waals surface area contributed by atoms with E-state index in [1.807, 2.05) is 0 Å². The molecule has 6 nitrogen and oxygen atoms in total. The predicted molar refractivity (Wildman–Crippen MR) is 99.1 cm³/mol. The van der Waals surface area contributed by atoms with Crippen molar-refractivity contribution in [3.05, 3.63) is 65.7 Å². The van der Waals surface area contributed by atoms with Crippen LogP contribution >= 0.6 is 0 Å². The number of amides is 1. The molecule has 0 atom stereocenters. The Bertz CT molecular complexity index is 1080. The molecule has 0 aliphatic carbocycles. The summed E-state index contributed by atoms with van der Waals surface area (Å²) in [6.45, 7) is -1.64. The number of imidazole rings is 1. The Labute approximate surface area is 168 Å². The highest BCUT2D eigenvalue weighted by atomic mass is 19.4. The first kappa shape index (κ1) is 21.3. The maximum absolute atomic E-state index is 13.8. The molecule has 0 aliphatic heterocycles. The van der Waals surface area contributed by atoms with Crippen LogP contribution in [0.4, 0.5) is 17.6 Å². The van der Waals surface area contributed by atoms with Gasteiger partial charge in [-0.25, -0.2) is 9.37 Å². The summed E-state index contributed by atoms with van der Waals surface area (Å²) in [6.07, 6.45) is -4.79. The van der Waals surface area contributed by atoms with Crippen molar-refractivity contribution in [2.45, 2.75) is 19.1 Å². The number of para-hydroxylation sites is 2. The molecule has 0 saturated carbocycles. The van der Waals surface area contributed by atoms with Crippen LogP contribution in [0, 0.1) is 5.82 Å². The van der Waals surface area contributed by atoms with E-state index in [-0.39, 0.29) is 29.6 Å². The van der Waals surface area contributed by atoms with Crippen molar-refractivity contribution in [2.24, 2.45) is 0 Å². The second kappa shape index (κ2) is 8.52. The standard InChI is InChI=1S/C20H17F4N3O3/c21-14-6-2-1-5-13(14)9-10-26(12-18(29)30)17(28)11-27-16-8-4-3-7-15(16)25-19(27)20(22,23)24/h1-8H,9-12H2,(H,29,30). The third kappa shape index (κ3) is 4.76. The molecule has 2 aromatic carbocycles. The molecule has 158 valence electrons. The van der Waals surface area contributed by atoms with Gasteiger partial charge in [0.25, 0.3) is 0 Å². The lowest BCUT2D eigenvalue weighted by atomic mass is 10.1. The maximum atomic E-state index is 13.8. The largest absolute Gasteiger partial charge is 0.480 e. The number of rotatable bonds is 7. The Hall–Kier alpha value is -3.43. The van der Waals surface area contributed by atoms with Crippen molar-refractivity contribution in [1.82, 2.24) is 14.5 Å². The van der Waals surface area contributed by atoms with E-state index in [0.29, 0.717) is 0 Å². The molecular weight excluding hydrogens is 406 g/mol. The fourth-order valence-corrected chi connectivity index (χ4v) is 3.10. The Morgan fingerprint density at radius 3 is 2.40 bits per heavy atom. The molecule has 0 aliphatic rings. The number of aliphatic carboxylic acids is 1. The van der Waals surface area contributed by atoms with E-state index in [1.54, 1.807) is 6.07 Å². The number of aromatic nitrogens is 2. The van der Waals surface area contributed by atoms with E-state index in [9.17, 15) is 27.2 Å². The third-order valence-corrected chi connectivity index (χ3v) is 4.49. The van der Waals surface area contributed by atoms with Crippen molar-refractivity contribution in [1.29, 1.82) is 0 Å². The van der Waals surface area contributed by atoms with Crippen LogP contribution in [0.3, 0.4) is 0 Å². The highest BCUT2D eigenvalue weighted by Crippen LogP contribution is 2.31. The molecule has 1 aromatic heterocycles. The van der Waals surface area contributed by atoms with Crippen LogP contribution in [0.5, 0.6) is 0 Å². The molecule has 0 radical (unpaired) electrons. The van der Waals surface area contributed by atoms with E-state index in [4.69, 9.17) is 5.11 Å². The lowest BCUT2D eigenvalue weighted by Gasteiger charge is -2.22. The molecule has 10 heteroatoms. The second-order valence-corrected chi connectivity index (χ2v) is 6.56. The van der Waals surface area contributed by atoms with E-state index < -0.39 is 42.8 Å². The molecule has 0 fully saturated rings. The molecule has 1 amide bonds. The van der Waals surface area contributed by atoms with Gasteiger partial charge < -0.3 is 14.6 Å². The zero-order valence-electron chi connectivity index (χ0n) is 15.6. The number of benzene rings is 2.